The molecule has 1 saturated carbocycles. The summed E-state index contributed by atoms with van der Waals surface area (Å²) in [6.07, 6.45) is 8.18. The topological polar surface area (TPSA) is 41.0 Å². The molecule has 0 N–H and O–H groups in total. The number of para-hydroxylation sites is 1. The van der Waals surface area contributed by atoms with Crippen LogP contribution in [0.4, 0.5) is 17.2 Å². The number of aliphatic imine (C=N–C) groups is 1. The van der Waals surface area contributed by atoms with Crippen LogP contribution in [0.25, 0.3) is 0 Å². The zero-order chi connectivity index (χ0) is 37.4. The number of hydrogen-bond acceptors (Lipinski definition) is 5. The van der Waals surface area contributed by atoms with E-state index < -0.39 is 0 Å². The zero-order valence-electron chi connectivity index (χ0n) is 34.0. The van der Waals surface area contributed by atoms with Crippen LogP contribution < -0.4 is 9.64 Å². The summed E-state index contributed by atoms with van der Waals surface area (Å²) in [6.45, 7) is 27.6. The van der Waals surface area contributed by atoms with Gasteiger partial charge in [-0.15, -0.1) is 34.9 Å². The minimum absolute atomic E-state index is 0. The van der Waals surface area contributed by atoms with Gasteiger partial charge in [0.05, 0.1) is 11.1 Å². The van der Waals surface area contributed by atoms with E-state index in [1.807, 2.05) is 6.20 Å². The van der Waals surface area contributed by atoms with Crippen molar-refractivity contribution in [2.24, 2.45) is 10.4 Å². The largest absolute Gasteiger partial charge is 2.00 e. The minimum atomic E-state index is -0.289. The van der Waals surface area contributed by atoms with Crippen molar-refractivity contribution >= 4 is 23.0 Å². The molecule has 1 fully saturated rings. The Balaban J connectivity index is 0.00000481. The summed E-state index contributed by atoms with van der Waals surface area (Å²) < 4.78 is 6.76. The molecule has 3 aromatic carbocycles. The van der Waals surface area contributed by atoms with Gasteiger partial charge in [-0.1, -0.05) is 118 Å². The van der Waals surface area contributed by atoms with Crippen LogP contribution in [-0.4, -0.2) is 32.8 Å². The Morgan fingerprint density at radius 1 is 0.792 bits per heavy atom. The van der Waals surface area contributed by atoms with Crippen LogP contribution in [0.1, 0.15) is 136 Å². The Morgan fingerprint density at radius 3 is 2.17 bits per heavy atom. The van der Waals surface area contributed by atoms with Gasteiger partial charge < -0.3 is 19.5 Å². The van der Waals surface area contributed by atoms with Crippen molar-refractivity contribution in [2.75, 3.05) is 4.90 Å². The van der Waals surface area contributed by atoms with E-state index in [9.17, 15) is 0 Å². The standard InChI is InChI=1S/C47H58N4O.Pt/c1-31-26-32(42-49-47(12,44(5,6)7)46(10,11)51(42)34-18-14-13-15-19-34)28-36(27-31)52-35-22-23-38-40(30-35)50(39-21-17-16-20-37(39)45(38,8)9)41-29-33(24-25-48-41)43(2,3)4;/h16-17,20-27,29,34H,13-15,18-19H2,1-12H3;/q-2;+2/t47-;/m1./s1. The third kappa shape index (κ3) is 6.68. The summed E-state index contributed by atoms with van der Waals surface area (Å²) in [4.78, 5) is 15.5. The number of anilines is 3. The number of nitrogens with zero attached hydrogens (tertiary/aromatic N) is 4. The van der Waals surface area contributed by atoms with Gasteiger partial charge in [0.25, 0.3) is 0 Å². The van der Waals surface area contributed by atoms with E-state index >= 15 is 0 Å². The summed E-state index contributed by atoms with van der Waals surface area (Å²) in [6, 6.07) is 29.5. The first-order valence-electron chi connectivity index (χ1n) is 19.4. The molecular weight excluding hydrogens is 832 g/mol. The van der Waals surface area contributed by atoms with Gasteiger partial charge >= 0.3 is 21.1 Å². The van der Waals surface area contributed by atoms with E-state index in [0.717, 1.165) is 34.2 Å². The summed E-state index contributed by atoms with van der Waals surface area (Å²) in [7, 11) is 0. The maximum atomic E-state index is 6.76. The van der Waals surface area contributed by atoms with E-state index in [1.54, 1.807) is 0 Å². The summed E-state index contributed by atoms with van der Waals surface area (Å²) >= 11 is 0. The van der Waals surface area contributed by atoms with E-state index in [-0.39, 0.29) is 48.4 Å². The van der Waals surface area contributed by atoms with Crippen LogP contribution >= 0.6 is 0 Å². The molecule has 6 heteroatoms. The fourth-order valence-electron chi connectivity index (χ4n) is 9.03. The van der Waals surface area contributed by atoms with Gasteiger partial charge in [-0.05, 0) is 79.2 Å². The molecule has 1 atom stereocenters. The molecule has 0 bridgehead atoms. The van der Waals surface area contributed by atoms with E-state index in [0.29, 0.717) is 17.5 Å². The fourth-order valence-corrected chi connectivity index (χ4v) is 9.03. The summed E-state index contributed by atoms with van der Waals surface area (Å²) in [5.41, 5.74) is 7.12. The molecule has 1 aromatic heterocycles. The first-order chi connectivity index (χ1) is 24.3. The number of benzene rings is 3. The number of aromatic nitrogens is 1. The number of amidine groups is 1. The molecule has 7 rings (SSSR count). The molecular formula is C47H58N4OPt. The van der Waals surface area contributed by atoms with Gasteiger partial charge in [-0.2, -0.15) is 6.07 Å². The number of aryl methyl sites for hydroxylation is 1. The molecule has 2 aliphatic heterocycles. The molecule has 0 saturated heterocycles. The first-order valence-corrected chi connectivity index (χ1v) is 19.4. The molecule has 0 amide bonds. The average molecular weight is 890 g/mol. The second-order valence-electron chi connectivity index (χ2n) is 18.7. The smallest absolute Gasteiger partial charge is 0.503 e. The van der Waals surface area contributed by atoms with E-state index in [2.05, 4.69) is 166 Å². The quantitative estimate of drug-likeness (QED) is 0.187. The predicted molar refractivity (Wildman–Crippen MR) is 216 cm³/mol. The van der Waals surface area contributed by atoms with Crippen LogP contribution in [0.5, 0.6) is 11.5 Å². The molecule has 0 radical (unpaired) electrons. The Morgan fingerprint density at radius 2 is 1.49 bits per heavy atom. The monoisotopic (exact) mass is 889 g/mol. The zero-order valence-corrected chi connectivity index (χ0v) is 36.2. The predicted octanol–water partition coefficient (Wildman–Crippen LogP) is 12.2. The van der Waals surface area contributed by atoms with Crippen LogP contribution in [0, 0.1) is 24.5 Å². The van der Waals surface area contributed by atoms with E-state index in [1.165, 1.54) is 48.8 Å². The third-order valence-electron chi connectivity index (χ3n) is 12.7. The van der Waals surface area contributed by atoms with Gasteiger partial charge in [0.15, 0.2) is 0 Å². The van der Waals surface area contributed by atoms with Gasteiger partial charge in [0.2, 0.25) is 0 Å². The molecule has 0 unspecified atom stereocenters. The molecule has 0 spiro atoms. The molecule has 4 aromatic rings. The van der Waals surface area contributed by atoms with Crippen LogP contribution in [0.2, 0.25) is 0 Å². The average Bonchev–Trinajstić information content (AvgIpc) is 3.30. The normalized spacial score (nSPS) is 21.0. The SMILES string of the molecule is Cc1cc(Oc2[c-]c3c(cc2)C(C)(C)c2ccccc2N3c2cc(C(C)(C)C)ccn2)[c-]c(C2=N[C@](C)(C(C)(C)C)C(C)(C)N2C2CCCCC2)c1.[Pt+2]. The Bertz CT molecular complexity index is 2030. The molecule has 1 aliphatic carbocycles. The van der Waals surface area contributed by atoms with Crippen molar-refractivity contribution in [3.63, 3.8) is 0 Å². The van der Waals surface area contributed by atoms with Crippen LogP contribution in [0.15, 0.2) is 71.9 Å². The maximum absolute atomic E-state index is 6.76. The Kier molecular flexibility index (Phi) is 10.1. The molecule has 53 heavy (non-hydrogen) atoms. The fraction of sp³-hybridized carbons (Fsp3) is 0.489. The van der Waals surface area contributed by atoms with Crippen LogP contribution in [0.3, 0.4) is 0 Å². The third-order valence-corrected chi connectivity index (χ3v) is 12.7. The van der Waals surface area contributed by atoms with Gasteiger partial charge in [-0.25, -0.2) is 4.98 Å². The molecule has 3 heterocycles. The summed E-state index contributed by atoms with van der Waals surface area (Å²) in [5, 5.41) is 0. The Hall–Kier alpha value is -3.43. The second-order valence-corrected chi connectivity index (χ2v) is 18.7. The van der Waals surface area contributed by atoms with Crippen molar-refractivity contribution < 1.29 is 25.8 Å². The van der Waals surface area contributed by atoms with Gasteiger partial charge in [0, 0.05) is 35.3 Å². The number of pyridine rings is 1. The maximum Gasteiger partial charge on any atom is 2.00 e. The van der Waals surface area contributed by atoms with Crippen molar-refractivity contribution in [2.45, 2.75) is 143 Å². The van der Waals surface area contributed by atoms with Crippen molar-refractivity contribution in [3.05, 3.63) is 107 Å². The number of hydrogen-bond donors (Lipinski definition) is 0. The summed E-state index contributed by atoms with van der Waals surface area (Å²) in [5.74, 6) is 3.25. The number of ether oxygens (including phenoxy) is 1. The van der Waals surface area contributed by atoms with Crippen LogP contribution in [-0.2, 0) is 31.9 Å². The molecule has 3 aliphatic rings. The van der Waals surface area contributed by atoms with E-state index in [4.69, 9.17) is 14.7 Å². The van der Waals surface area contributed by atoms with Crippen molar-refractivity contribution in [1.82, 2.24) is 9.88 Å². The first kappa shape index (κ1) is 39.3. The number of rotatable bonds is 5. The van der Waals surface area contributed by atoms with Crippen molar-refractivity contribution in [3.8, 4) is 11.5 Å². The van der Waals surface area contributed by atoms with Crippen molar-refractivity contribution in [1.29, 1.82) is 0 Å². The Labute approximate surface area is 333 Å². The molecule has 5 nitrogen and oxygen atoms in total. The second kappa shape index (κ2) is 13.7. The van der Waals surface area contributed by atoms with Gasteiger partial charge in [0.1, 0.15) is 5.82 Å². The molecule has 282 valence electrons. The number of fused-ring (bicyclic) bond motifs is 2. The van der Waals surface area contributed by atoms with Gasteiger partial charge in [-0.3, -0.25) is 0 Å². The minimum Gasteiger partial charge on any atom is -0.503 e.